The lowest BCUT2D eigenvalue weighted by Gasteiger charge is -2.15. The van der Waals surface area contributed by atoms with E-state index in [1.165, 1.54) is 6.07 Å². The molecule has 0 heterocycles. The lowest BCUT2D eigenvalue weighted by atomic mass is 10.1. The number of aliphatic hydroxyl groups excluding tert-OH is 2. The Hall–Kier alpha value is -1.31. The van der Waals surface area contributed by atoms with Gasteiger partial charge in [-0.1, -0.05) is 0 Å². The van der Waals surface area contributed by atoms with E-state index in [0.29, 0.717) is 16.9 Å². The third-order valence-electron chi connectivity index (χ3n) is 2.56. The van der Waals surface area contributed by atoms with E-state index >= 15 is 0 Å². The molecule has 0 aromatic heterocycles. The van der Waals surface area contributed by atoms with Crippen molar-refractivity contribution in [3.8, 4) is 0 Å². The van der Waals surface area contributed by atoms with Gasteiger partial charge < -0.3 is 21.3 Å². The van der Waals surface area contributed by atoms with E-state index in [1.807, 2.05) is 0 Å². The predicted octanol–water partition coefficient (Wildman–Crippen LogP) is -0.389. The van der Waals surface area contributed by atoms with E-state index in [9.17, 15) is 8.42 Å². The second-order valence-electron chi connectivity index (χ2n) is 3.81. The summed E-state index contributed by atoms with van der Waals surface area (Å²) >= 11 is 0. The fraction of sp³-hybridized carbons (Fsp3) is 0.455. The molecule has 1 aromatic rings. The maximum atomic E-state index is 12.0. The summed E-state index contributed by atoms with van der Waals surface area (Å²) in [4.78, 5) is 0.0648. The van der Waals surface area contributed by atoms with Crippen LogP contribution in [-0.4, -0.2) is 44.6 Å². The molecule has 0 aliphatic heterocycles. The van der Waals surface area contributed by atoms with Crippen LogP contribution in [0.4, 0.5) is 11.4 Å². The third kappa shape index (κ3) is 3.12. The number of nitrogens with two attached hydrogens (primary N) is 1. The summed E-state index contributed by atoms with van der Waals surface area (Å²) in [5.74, 6) is -0.363. The van der Waals surface area contributed by atoms with Gasteiger partial charge in [-0.25, -0.2) is 8.42 Å². The summed E-state index contributed by atoms with van der Waals surface area (Å²) < 4.78 is 24.0. The molecule has 0 fully saturated rings. The van der Waals surface area contributed by atoms with Crippen molar-refractivity contribution < 1.29 is 18.6 Å². The van der Waals surface area contributed by atoms with Gasteiger partial charge in [0, 0.05) is 25.0 Å². The molecule has 5 N–H and O–H groups in total. The van der Waals surface area contributed by atoms with Crippen molar-refractivity contribution in [2.24, 2.45) is 0 Å². The zero-order valence-electron chi connectivity index (χ0n) is 10.2. The van der Waals surface area contributed by atoms with Gasteiger partial charge in [-0.05, 0) is 24.1 Å². The zero-order valence-corrected chi connectivity index (χ0v) is 11.0. The van der Waals surface area contributed by atoms with E-state index in [-0.39, 0.29) is 23.7 Å². The van der Waals surface area contributed by atoms with Crippen molar-refractivity contribution >= 4 is 21.2 Å². The van der Waals surface area contributed by atoms with Crippen LogP contribution in [0.5, 0.6) is 0 Å². The van der Waals surface area contributed by atoms with E-state index < -0.39 is 16.4 Å². The van der Waals surface area contributed by atoms with Crippen LogP contribution in [0, 0.1) is 0 Å². The average Bonchev–Trinajstić information content (AvgIpc) is 2.30. The molecule has 0 saturated heterocycles. The Morgan fingerprint density at radius 3 is 2.44 bits per heavy atom. The molecule has 0 spiro atoms. The summed E-state index contributed by atoms with van der Waals surface area (Å²) in [6.07, 6.45) is 0.205. The first-order chi connectivity index (χ1) is 8.46. The summed E-state index contributed by atoms with van der Waals surface area (Å²) in [5.41, 5.74) is 7.04. The van der Waals surface area contributed by atoms with Gasteiger partial charge in [-0.15, -0.1) is 0 Å². The maximum absolute atomic E-state index is 12.0. The third-order valence-corrected chi connectivity index (χ3v) is 4.31. The van der Waals surface area contributed by atoms with E-state index in [0.717, 1.165) is 0 Å². The Balaban J connectivity index is 3.45. The highest BCUT2D eigenvalue weighted by molar-refractivity contribution is 7.91. The van der Waals surface area contributed by atoms with E-state index in [4.69, 9.17) is 15.9 Å². The van der Waals surface area contributed by atoms with Crippen LogP contribution >= 0.6 is 0 Å². The van der Waals surface area contributed by atoms with Crippen LogP contribution < -0.4 is 11.1 Å². The van der Waals surface area contributed by atoms with Gasteiger partial charge in [0.2, 0.25) is 0 Å². The summed E-state index contributed by atoms with van der Waals surface area (Å²) in [6, 6.07) is 2.97. The van der Waals surface area contributed by atoms with E-state index in [2.05, 4.69) is 5.32 Å². The lowest BCUT2D eigenvalue weighted by Crippen LogP contribution is -2.15. The molecule has 102 valence electrons. The number of rotatable bonds is 6. The first kappa shape index (κ1) is 14.7. The molecule has 0 saturated carbocycles. The summed E-state index contributed by atoms with van der Waals surface area (Å²) in [6.45, 7) is -0.620. The van der Waals surface area contributed by atoms with Gasteiger partial charge in [-0.2, -0.15) is 0 Å². The van der Waals surface area contributed by atoms with Crippen molar-refractivity contribution in [3.05, 3.63) is 17.7 Å². The predicted molar refractivity (Wildman–Crippen MR) is 70.3 cm³/mol. The van der Waals surface area contributed by atoms with Crippen molar-refractivity contribution in [1.82, 2.24) is 0 Å². The van der Waals surface area contributed by atoms with Crippen LogP contribution in [0.2, 0.25) is 0 Å². The van der Waals surface area contributed by atoms with Crippen molar-refractivity contribution in [1.29, 1.82) is 0 Å². The molecule has 7 heteroatoms. The molecular weight excluding hydrogens is 256 g/mol. The molecule has 0 aliphatic carbocycles. The number of aliphatic hydroxyl groups is 2. The van der Waals surface area contributed by atoms with Gasteiger partial charge in [-0.3, -0.25) is 0 Å². The molecule has 0 radical (unpaired) electrons. The molecule has 0 aliphatic rings. The Kier molecular flexibility index (Phi) is 4.94. The van der Waals surface area contributed by atoms with Crippen molar-refractivity contribution in [2.75, 3.05) is 37.1 Å². The molecule has 0 atom stereocenters. The van der Waals surface area contributed by atoms with Crippen LogP contribution in [0.25, 0.3) is 0 Å². The van der Waals surface area contributed by atoms with Gasteiger partial charge in [0.25, 0.3) is 0 Å². The molecule has 0 unspecified atom stereocenters. The standard InChI is InChI=1S/C11H18N2O4S/c1-13-10-6-8(12)7-11(9(10)2-3-14)18(16,17)5-4-15/h6-7,13-15H,2-5,12H2,1H3. The minimum atomic E-state index is -3.60. The monoisotopic (exact) mass is 274 g/mol. The highest BCUT2D eigenvalue weighted by atomic mass is 32.2. The highest BCUT2D eigenvalue weighted by Gasteiger charge is 2.21. The van der Waals surface area contributed by atoms with Gasteiger partial charge >= 0.3 is 0 Å². The average molecular weight is 274 g/mol. The van der Waals surface area contributed by atoms with Crippen LogP contribution in [0.1, 0.15) is 5.56 Å². The minimum Gasteiger partial charge on any atom is -0.399 e. The first-order valence-corrected chi connectivity index (χ1v) is 7.16. The van der Waals surface area contributed by atoms with Crippen molar-refractivity contribution in [3.63, 3.8) is 0 Å². The lowest BCUT2D eigenvalue weighted by molar-refractivity contribution is 0.299. The molecule has 0 bridgehead atoms. The number of sulfone groups is 1. The smallest absolute Gasteiger partial charge is 0.181 e. The Morgan fingerprint density at radius 2 is 1.94 bits per heavy atom. The molecule has 18 heavy (non-hydrogen) atoms. The van der Waals surface area contributed by atoms with Gasteiger partial charge in [0.1, 0.15) is 0 Å². The van der Waals surface area contributed by atoms with Gasteiger partial charge in [0.15, 0.2) is 9.84 Å². The molecule has 1 rings (SSSR count). The largest absolute Gasteiger partial charge is 0.399 e. The molecule has 0 amide bonds. The Bertz CT molecular complexity index is 514. The SMILES string of the molecule is CNc1cc(N)cc(S(=O)(=O)CCO)c1CCO. The summed E-state index contributed by atoms with van der Waals surface area (Å²) in [5, 5.41) is 20.7. The number of anilines is 2. The number of nitrogens with one attached hydrogen (secondary N) is 1. The quantitative estimate of drug-likeness (QED) is 0.526. The number of nitrogen functional groups attached to an aromatic ring is 1. The van der Waals surface area contributed by atoms with Gasteiger partial charge in [0.05, 0.1) is 17.3 Å². The second kappa shape index (κ2) is 6.03. The second-order valence-corrected chi connectivity index (χ2v) is 5.89. The Morgan fingerprint density at radius 1 is 1.28 bits per heavy atom. The molecule has 1 aromatic carbocycles. The Labute approximate surface area is 106 Å². The molecule has 6 nitrogen and oxygen atoms in total. The van der Waals surface area contributed by atoms with Crippen LogP contribution in [0.3, 0.4) is 0 Å². The van der Waals surface area contributed by atoms with Crippen LogP contribution in [0.15, 0.2) is 17.0 Å². The highest BCUT2D eigenvalue weighted by Crippen LogP contribution is 2.28. The van der Waals surface area contributed by atoms with Crippen molar-refractivity contribution in [2.45, 2.75) is 11.3 Å². The zero-order chi connectivity index (χ0) is 13.8. The maximum Gasteiger partial charge on any atom is 0.181 e. The normalized spacial score (nSPS) is 11.5. The number of hydrogen-bond acceptors (Lipinski definition) is 6. The number of hydrogen-bond donors (Lipinski definition) is 4. The minimum absolute atomic E-state index is 0.0648. The molecular formula is C11H18N2O4S. The number of benzene rings is 1. The van der Waals surface area contributed by atoms with E-state index in [1.54, 1.807) is 13.1 Å². The fourth-order valence-corrected chi connectivity index (χ4v) is 3.13. The first-order valence-electron chi connectivity index (χ1n) is 5.51. The topological polar surface area (TPSA) is 113 Å². The van der Waals surface area contributed by atoms with Crippen LogP contribution in [-0.2, 0) is 16.3 Å². The fourth-order valence-electron chi connectivity index (χ4n) is 1.77. The summed E-state index contributed by atoms with van der Waals surface area (Å²) in [7, 11) is -1.95.